The second-order valence-corrected chi connectivity index (χ2v) is 6.99. The van der Waals surface area contributed by atoms with E-state index in [0.717, 1.165) is 28.0 Å². The summed E-state index contributed by atoms with van der Waals surface area (Å²) in [6, 6.07) is 21.1. The zero-order chi connectivity index (χ0) is 20.9. The zero-order valence-electron chi connectivity index (χ0n) is 16.6. The smallest absolute Gasteiger partial charge is 0.229 e. The summed E-state index contributed by atoms with van der Waals surface area (Å²) in [5.41, 5.74) is 2.58. The van der Waals surface area contributed by atoms with Crippen LogP contribution in [0.5, 0.6) is 11.5 Å². The van der Waals surface area contributed by atoms with Gasteiger partial charge in [-0.3, -0.25) is 0 Å². The number of methoxy groups -OCH3 is 2. The topological polar surface area (TPSA) is 68.3 Å². The van der Waals surface area contributed by atoms with Crippen LogP contribution in [0.3, 0.4) is 0 Å². The van der Waals surface area contributed by atoms with E-state index in [9.17, 15) is 0 Å². The molecule has 7 heteroatoms. The first-order valence-corrected chi connectivity index (χ1v) is 9.78. The minimum atomic E-state index is 0.464. The quantitative estimate of drug-likeness (QED) is 0.402. The number of nitrogens with one attached hydrogen (secondary N) is 2. The number of ether oxygens (including phenoxy) is 2. The maximum Gasteiger partial charge on any atom is 0.229 e. The molecule has 4 aromatic rings. The molecule has 2 N–H and O–H groups in total. The molecule has 30 heavy (non-hydrogen) atoms. The molecule has 0 fully saturated rings. The number of fused-ring (bicyclic) bond motifs is 1. The fourth-order valence-electron chi connectivity index (χ4n) is 3.10. The molecule has 0 amide bonds. The number of anilines is 3. The van der Waals surface area contributed by atoms with Crippen LogP contribution in [0.1, 0.15) is 5.56 Å². The Hall–Kier alpha value is -3.51. The Morgan fingerprint density at radius 1 is 0.867 bits per heavy atom. The number of hydrogen-bond acceptors (Lipinski definition) is 6. The second-order valence-electron chi connectivity index (χ2n) is 6.58. The summed E-state index contributed by atoms with van der Waals surface area (Å²) in [6.45, 7) is 0.549. The van der Waals surface area contributed by atoms with Crippen molar-refractivity contribution in [1.82, 2.24) is 9.97 Å². The van der Waals surface area contributed by atoms with E-state index in [4.69, 9.17) is 26.1 Å². The van der Waals surface area contributed by atoms with Gasteiger partial charge in [-0.05, 0) is 23.8 Å². The average Bonchev–Trinajstić information content (AvgIpc) is 2.78. The van der Waals surface area contributed by atoms with Crippen molar-refractivity contribution in [2.75, 3.05) is 24.9 Å². The van der Waals surface area contributed by atoms with Gasteiger partial charge in [0.1, 0.15) is 17.3 Å². The number of rotatable bonds is 7. The Balaban J connectivity index is 1.67. The third-order valence-corrected chi connectivity index (χ3v) is 4.98. The van der Waals surface area contributed by atoms with Crippen LogP contribution >= 0.6 is 11.6 Å². The van der Waals surface area contributed by atoms with Crippen molar-refractivity contribution in [3.05, 3.63) is 77.3 Å². The normalized spacial score (nSPS) is 10.6. The molecule has 1 heterocycles. The van der Waals surface area contributed by atoms with Crippen LogP contribution < -0.4 is 20.1 Å². The molecule has 4 rings (SSSR count). The molecule has 0 atom stereocenters. The van der Waals surface area contributed by atoms with E-state index in [1.165, 1.54) is 0 Å². The van der Waals surface area contributed by atoms with Crippen molar-refractivity contribution in [2.45, 2.75) is 6.54 Å². The van der Waals surface area contributed by atoms with Gasteiger partial charge in [0.25, 0.3) is 0 Å². The maximum absolute atomic E-state index is 6.30. The van der Waals surface area contributed by atoms with Crippen LogP contribution in [0.2, 0.25) is 5.02 Å². The molecule has 152 valence electrons. The number of nitrogens with zero attached hydrogens (tertiary/aromatic N) is 2. The lowest BCUT2D eigenvalue weighted by Gasteiger charge is -2.13. The minimum Gasteiger partial charge on any atom is -0.497 e. The van der Waals surface area contributed by atoms with Gasteiger partial charge in [-0.2, -0.15) is 4.98 Å². The first-order chi connectivity index (χ1) is 14.7. The lowest BCUT2D eigenvalue weighted by Crippen LogP contribution is -2.06. The average molecular weight is 421 g/mol. The second kappa shape index (κ2) is 8.88. The molecule has 0 radical (unpaired) electrons. The van der Waals surface area contributed by atoms with Gasteiger partial charge in [-0.25, -0.2) is 4.98 Å². The highest BCUT2D eigenvalue weighted by molar-refractivity contribution is 6.31. The lowest BCUT2D eigenvalue weighted by atomic mass is 10.2. The van der Waals surface area contributed by atoms with Crippen molar-refractivity contribution in [3.8, 4) is 11.5 Å². The van der Waals surface area contributed by atoms with Gasteiger partial charge in [-0.15, -0.1) is 0 Å². The molecule has 0 unspecified atom stereocenters. The predicted molar refractivity (Wildman–Crippen MR) is 121 cm³/mol. The van der Waals surface area contributed by atoms with Crippen molar-refractivity contribution >= 4 is 40.0 Å². The highest BCUT2D eigenvalue weighted by Crippen LogP contribution is 2.29. The Bertz CT molecular complexity index is 1160. The number of hydrogen-bond donors (Lipinski definition) is 2. The van der Waals surface area contributed by atoms with E-state index in [1.54, 1.807) is 14.2 Å². The predicted octanol–water partition coefficient (Wildman–Crippen LogP) is 5.66. The molecule has 1 aromatic heterocycles. The van der Waals surface area contributed by atoms with E-state index in [1.807, 2.05) is 66.7 Å². The van der Waals surface area contributed by atoms with E-state index in [-0.39, 0.29) is 0 Å². The van der Waals surface area contributed by atoms with Crippen LogP contribution in [0.15, 0.2) is 66.7 Å². The Morgan fingerprint density at radius 2 is 1.57 bits per heavy atom. The summed E-state index contributed by atoms with van der Waals surface area (Å²) < 4.78 is 10.7. The van der Waals surface area contributed by atoms with Crippen molar-refractivity contribution in [2.24, 2.45) is 0 Å². The van der Waals surface area contributed by atoms with Crippen molar-refractivity contribution in [3.63, 3.8) is 0 Å². The summed E-state index contributed by atoms with van der Waals surface area (Å²) in [6.07, 6.45) is 0. The van der Waals surface area contributed by atoms with Gasteiger partial charge in [0, 0.05) is 40.8 Å². The molecule has 0 aliphatic carbocycles. The first-order valence-electron chi connectivity index (χ1n) is 9.40. The summed E-state index contributed by atoms with van der Waals surface area (Å²) in [7, 11) is 3.23. The largest absolute Gasteiger partial charge is 0.497 e. The van der Waals surface area contributed by atoms with Gasteiger partial charge in [0.05, 0.1) is 19.7 Å². The van der Waals surface area contributed by atoms with Crippen LogP contribution in [0, 0.1) is 0 Å². The van der Waals surface area contributed by atoms with Gasteiger partial charge >= 0.3 is 0 Å². The molecule has 0 saturated carbocycles. The van der Waals surface area contributed by atoms with Crippen molar-refractivity contribution < 1.29 is 9.47 Å². The molecular formula is C23H21ClN4O2. The molecule has 3 aromatic carbocycles. The summed E-state index contributed by atoms with van der Waals surface area (Å²) in [5.74, 6) is 2.54. The minimum absolute atomic E-state index is 0.464. The van der Waals surface area contributed by atoms with E-state index in [0.29, 0.717) is 29.0 Å². The third kappa shape index (κ3) is 4.39. The summed E-state index contributed by atoms with van der Waals surface area (Å²) in [4.78, 5) is 9.34. The fraction of sp³-hybridized carbons (Fsp3) is 0.130. The summed E-state index contributed by atoms with van der Waals surface area (Å²) >= 11 is 6.30. The van der Waals surface area contributed by atoms with Crippen LogP contribution in [-0.2, 0) is 6.54 Å². The Labute approximate surface area is 179 Å². The SMILES string of the molecule is COc1cc(Nc2nc(NCc3ccccc3Cl)c3ccccc3n2)cc(OC)c1. The van der Waals surface area contributed by atoms with Gasteiger partial charge in [-0.1, -0.05) is 41.9 Å². The molecule has 0 spiro atoms. The highest BCUT2D eigenvalue weighted by atomic mass is 35.5. The molecule has 0 aliphatic heterocycles. The van der Waals surface area contributed by atoms with E-state index >= 15 is 0 Å². The standard InChI is InChI=1S/C23H21ClN4O2/c1-29-17-11-16(12-18(13-17)30-2)26-23-27-21-10-6-4-8-19(21)22(28-23)25-14-15-7-3-5-9-20(15)24/h3-13H,14H2,1-2H3,(H2,25,26,27,28). The fourth-order valence-corrected chi connectivity index (χ4v) is 3.30. The molecule has 0 bridgehead atoms. The Morgan fingerprint density at radius 3 is 2.30 bits per heavy atom. The maximum atomic E-state index is 6.30. The lowest BCUT2D eigenvalue weighted by molar-refractivity contribution is 0.395. The first kappa shape index (κ1) is 19.8. The zero-order valence-corrected chi connectivity index (χ0v) is 17.4. The Kier molecular flexibility index (Phi) is 5.86. The van der Waals surface area contributed by atoms with E-state index in [2.05, 4.69) is 15.6 Å². The number of halogens is 1. The summed E-state index contributed by atoms with van der Waals surface area (Å²) in [5, 5.41) is 8.28. The molecule has 0 saturated heterocycles. The van der Waals surface area contributed by atoms with Crippen molar-refractivity contribution in [1.29, 1.82) is 0 Å². The number of benzene rings is 3. The van der Waals surface area contributed by atoms with Gasteiger partial charge < -0.3 is 20.1 Å². The van der Waals surface area contributed by atoms with Crippen LogP contribution in [-0.4, -0.2) is 24.2 Å². The highest BCUT2D eigenvalue weighted by Gasteiger charge is 2.10. The number of para-hydroxylation sites is 1. The molecule has 0 aliphatic rings. The van der Waals surface area contributed by atoms with Gasteiger partial charge in [0.2, 0.25) is 5.95 Å². The van der Waals surface area contributed by atoms with E-state index < -0.39 is 0 Å². The monoisotopic (exact) mass is 420 g/mol. The molecule has 6 nitrogen and oxygen atoms in total. The molecular weight excluding hydrogens is 400 g/mol. The number of aromatic nitrogens is 2. The third-order valence-electron chi connectivity index (χ3n) is 4.61. The van der Waals surface area contributed by atoms with Crippen LogP contribution in [0.25, 0.3) is 10.9 Å². The van der Waals surface area contributed by atoms with Gasteiger partial charge in [0.15, 0.2) is 0 Å². The van der Waals surface area contributed by atoms with Crippen LogP contribution in [0.4, 0.5) is 17.5 Å².